The lowest BCUT2D eigenvalue weighted by atomic mass is 10.3. The molecule has 0 aromatic carbocycles. The molecule has 0 aliphatic heterocycles. The molecule has 1 amide bonds. The molecule has 5 nitrogen and oxygen atoms in total. The number of aromatic nitrogens is 3. The van der Waals surface area contributed by atoms with Crippen LogP contribution in [-0.4, -0.2) is 20.7 Å². The number of aryl methyl sites for hydroxylation is 3. The second kappa shape index (κ2) is 5.30. The minimum atomic E-state index is -0.171. The van der Waals surface area contributed by atoms with Crippen LogP contribution in [0.5, 0.6) is 0 Å². The second-order valence-electron chi connectivity index (χ2n) is 4.13. The Morgan fingerprint density at radius 1 is 1.56 bits per heavy atom. The van der Waals surface area contributed by atoms with E-state index in [2.05, 4.69) is 22.3 Å². The largest absolute Gasteiger partial charge is 0.296 e. The van der Waals surface area contributed by atoms with Crippen molar-refractivity contribution in [2.75, 3.05) is 5.32 Å². The lowest BCUT2D eigenvalue weighted by Gasteiger charge is -2.01. The number of nitrogens with one attached hydrogen (secondary N) is 1. The first kappa shape index (κ1) is 12.8. The van der Waals surface area contributed by atoms with Crippen molar-refractivity contribution in [2.45, 2.75) is 26.7 Å². The molecule has 0 aliphatic carbocycles. The molecule has 96 valence electrons. The lowest BCUT2D eigenvalue weighted by molar-refractivity contribution is 0.101. The van der Waals surface area contributed by atoms with Gasteiger partial charge in [-0.3, -0.25) is 14.8 Å². The van der Waals surface area contributed by atoms with E-state index >= 15 is 0 Å². The standard InChI is InChI=1S/C12H16N4OS/c1-4-5-9-7-13-12(18-9)14-11(17)10-6-8(2)15-16(10)3/h6-7H,4-5H2,1-3H3,(H,13,14,17). The Labute approximate surface area is 110 Å². The van der Waals surface area contributed by atoms with Crippen LogP contribution < -0.4 is 5.32 Å². The Morgan fingerprint density at radius 3 is 2.94 bits per heavy atom. The fraction of sp³-hybridized carbons (Fsp3) is 0.417. The number of rotatable bonds is 4. The molecule has 0 aliphatic rings. The molecule has 0 spiro atoms. The number of carbonyl (C=O) groups excluding carboxylic acids is 1. The minimum Gasteiger partial charge on any atom is -0.296 e. The maximum absolute atomic E-state index is 12.0. The summed E-state index contributed by atoms with van der Waals surface area (Å²) in [6.45, 7) is 3.98. The van der Waals surface area contributed by atoms with Crippen LogP contribution in [0.1, 0.15) is 34.4 Å². The monoisotopic (exact) mass is 264 g/mol. The van der Waals surface area contributed by atoms with Crippen molar-refractivity contribution in [2.24, 2.45) is 7.05 Å². The first-order valence-corrected chi connectivity index (χ1v) is 6.68. The van der Waals surface area contributed by atoms with Gasteiger partial charge in [0, 0.05) is 18.1 Å². The second-order valence-corrected chi connectivity index (χ2v) is 5.25. The summed E-state index contributed by atoms with van der Waals surface area (Å²) < 4.78 is 1.57. The maximum atomic E-state index is 12.0. The van der Waals surface area contributed by atoms with Gasteiger partial charge < -0.3 is 0 Å². The van der Waals surface area contributed by atoms with Crippen LogP contribution in [-0.2, 0) is 13.5 Å². The first-order chi connectivity index (χ1) is 8.60. The van der Waals surface area contributed by atoms with E-state index in [1.807, 2.05) is 13.1 Å². The minimum absolute atomic E-state index is 0.171. The van der Waals surface area contributed by atoms with Gasteiger partial charge in [0.05, 0.1) is 5.69 Å². The molecule has 0 unspecified atom stereocenters. The maximum Gasteiger partial charge on any atom is 0.275 e. The molecule has 2 rings (SSSR count). The predicted molar refractivity (Wildman–Crippen MR) is 72.0 cm³/mol. The van der Waals surface area contributed by atoms with Gasteiger partial charge in [0.25, 0.3) is 5.91 Å². The van der Waals surface area contributed by atoms with Crippen molar-refractivity contribution in [3.8, 4) is 0 Å². The topological polar surface area (TPSA) is 59.8 Å². The van der Waals surface area contributed by atoms with Gasteiger partial charge in [-0.05, 0) is 19.4 Å². The predicted octanol–water partition coefficient (Wildman–Crippen LogP) is 2.39. The summed E-state index contributed by atoms with van der Waals surface area (Å²) in [5, 5.41) is 7.59. The highest BCUT2D eigenvalue weighted by Crippen LogP contribution is 2.20. The summed E-state index contributed by atoms with van der Waals surface area (Å²) >= 11 is 1.52. The quantitative estimate of drug-likeness (QED) is 0.922. The Balaban J connectivity index is 2.08. The average molecular weight is 264 g/mol. The van der Waals surface area contributed by atoms with Crippen molar-refractivity contribution in [3.05, 3.63) is 28.5 Å². The molecule has 0 saturated carbocycles. The SMILES string of the molecule is CCCc1cnc(NC(=O)c2cc(C)nn2C)s1. The molecule has 6 heteroatoms. The molecule has 0 bridgehead atoms. The van der Waals surface area contributed by atoms with Crippen LogP contribution in [0.15, 0.2) is 12.3 Å². The normalized spacial score (nSPS) is 10.6. The molecule has 0 fully saturated rings. The smallest absolute Gasteiger partial charge is 0.275 e. The molecule has 1 N–H and O–H groups in total. The van der Waals surface area contributed by atoms with Crippen LogP contribution in [0.4, 0.5) is 5.13 Å². The van der Waals surface area contributed by atoms with E-state index in [1.165, 1.54) is 16.2 Å². The number of nitrogens with zero attached hydrogens (tertiary/aromatic N) is 3. The highest BCUT2D eigenvalue weighted by molar-refractivity contribution is 7.15. The summed E-state index contributed by atoms with van der Waals surface area (Å²) in [4.78, 5) is 17.4. The van der Waals surface area contributed by atoms with Crippen molar-refractivity contribution in [1.29, 1.82) is 0 Å². The Morgan fingerprint density at radius 2 is 2.33 bits per heavy atom. The lowest BCUT2D eigenvalue weighted by Crippen LogP contribution is -2.15. The van der Waals surface area contributed by atoms with E-state index in [0.717, 1.165) is 18.5 Å². The van der Waals surface area contributed by atoms with Crippen molar-refractivity contribution < 1.29 is 4.79 Å². The Bertz CT molecular complexity index is 558. The number of amides is 1. The third-order valence-corrected chi connectivity index (χ3v) is 3.48. The van der Waals surface area contributed by atoms with Crippen molar-refractivity contribution >= 4 is 22.4 Å². The van der Waals surface area contributed by atoms with Crippen LogP contribution in [0.25, 0.3) is 0 Å². The van der Waals surface area contributed by atoms with Gasteiger partial charge in [-0.1, -0.05) is 13.3 Å². The Hall–Kier alpha value is -1.69. The highest BCUT2D eigenvalue weighted by atomic mass is 32.1. The summed E-state index contributed by atoms with van der Waals surface area (Å²) in [5.41, 5.74) is 1.37. The van der Waals surface area contributed by atoms with Gasteiger partial charge in [0.2, 0.25) is 0 Å². The molecular formula is C12H16N4OS. The summed E-state index contributed by atoms with van der Waals surface area (Å²) in [7, 11) is 1.76. The number of carbonyl (C=O) groups is 1. The fourth-order valence-electron chi connectivity index (χ4n) is 1.71. The zero-order valence-electron chi connectivity index (χ0n) is 10.7. The van der Waals surface area contributed by atoms with E-state index in [-0.39, 0.29) is 5.91 Å². The van der Waals surface area contributed by atoms with Gasteiger partial charge in [0.15, 0.2) is 5.13 Å². The zero-order valence-corrected chi connectivity index (χ0v) is 11.5. The molecule has 0 atom stereocenters. The number of hydrogen-bond acceptors (Lipinski definition) is 4. The van der Waals surface area contributed by atoms with Crippen molar-refractivity contribution in [1.82, 2.24) is 14.8 Å². The number of anilines is 1. The molecule has 2 aromatic heterocycles. The Kier molecular flexibility index (Phi) is 3.76. The molecule has 18 heavy (non-hydrogen) atoms. The summed E-state index contributed by atoms with van der Waals surface area (Å²) in [5.74, 6) is -0.171. The van der Waals surface area contributed by atoms with E-state index in [1.54, 1.807) is 17.8 Å². The molecule has 0 radical (unpaired) electrons. The average Bonchev–Trinajstić information content (AvgIpc) is 2.86. The van der Waals surface area contributed by atoms with Crippen LogP contribution in [0.2, 0.25) is 0 Å². The van der Waals surface area contributed by atoms with Crippen molar-refractivity contribution in [3.63, 3.8) is 0 Å². The zero-order chi connectivity index (χ0) is 13.1. The van der Waals surface area contributed by atoms with E-state index < -0.39 is 0 Å². The number of thiazole rings is 1. The third-order valence-electron chi connectivity index (χ3n) is 2.51. The third kappa shape index (κ3) is 2.76. The summed E-state index contributed by atoms with van der Waals surface area (Å²) in [6.07, 6.45) is 3.90. The van der Waals surface area contributed by atoms with E-state index in [4.69, 9.17) is 0 Å². The fourth-order valence-corrected chi connectivity index (χ4v) is 2.62. The summed E-state index contributed by atoms with van der Waals surface area (Å²) in [6, 6.07) is 1.76. The van der Waals surface area contributed by atoms with E-state index in [9.17, 15) is 4.79 Å². The van der Waals surface area contributed by atoms with Crippen LogP contribution >= 0.6 is 11.3 Å². The van der Waals surface area contributed by atoms with Crippen LogP contribution in [0.3, 0.4) is 0 Å². The highest BCUT2D eigenvalue weighted by Gasteiger charge is 2.13. The van der Waals surface area contributed by atoms with Gasteiger partial charge in [-0.2, -0.15) is 5.10 Å². The van der Waals surface area contributed by atoms with E-state index in [0.29, 0.717) is 10.8 Å². The first-order valence-electron chi connectivity index (χ1n) is 5.87. The van der Waals surface area contributed by atoms with Crippen LogP contribution in [0, 0.1) is 6.92 Å². The number of hydrogen-bond donors (Lipinski definition) is 1. The molecule has 2 heterocycles. The van der Waals surface area contributed by atoms with Gasteiger partial charge in [0.1, 0.15) is 5.69 Å². The van der Waals surface area contributed by atoms with Gasteiger partial charge in [-0.25, -0.2) is 4.98 Å². The van der Waals surface area contributed by atoms with Gasteiger partial charge in [-0.15, -0.1) is 11.3 Å². The molecule has 0 saturated heterocycles. The molecular weight excluding hydrogens is 248 g/mol. The molecule has 2 aromatic rings. The van der Waals surface area contributed by atoms with Gasteiger partial charge >= 0.3 is 0 Å².